The standard InChI is InChI=1S/C26H34N6OS/c1-16(32-9-7-28-8-10-32)5-6-22(27-2)30-23-14-20-21(15-29-23)34-25(26(33)31(3)4)24(20)19-12-17-11-18(17)13-19/h5-6,14-15,17-19,28H,2,7-13H2,1,3-4H3,(H,29,30)/b16-5+,22-6+. The van der Waals surface area contributed by atoms with Crippen molar-refractivity contribution in [3.05, 3.63) is 46.4 Å². The molecule has 2 unspecified atom stereocenters. The van der Waals surface area contributed by atoms with E-state index in [4.69, 9.17) is 0 Å². The minimum Gasteiger partial charge on any atom is -0.372 e. The second-order valence-corrected chi connectivity index (χ2v) is 11.0. The second-order valence-electron chi connectivity index (χ2n) is 9.91. The molecule has 0 aromatic carbocycles. The number of anilines is 1. The van der Waals surface area contributed by atoms with Gasteiger partial charge in [-0.2, -0.15) is 0 Å². The summed E-state index contributed by atoms with van der Waals surface area (Å²) in [7, 11) is 3.66. The molecule has 180 valence electrons. The molecule has 8 heteroatoms. The van der Waals surface area contributed by atoms with E-state index in [0.717, 1.165) is 58.8 Å². The van der Waals surface area contributed by atoms with Gasteiger partial charge in [-0.25, -0.2) is 9.98 Å². The number of hydrogen-bond donors (Lipinski definition) is 2. The van der Waals surface area contributed by atoms with Crippen molar-refractivity contribution in [1.29, 1.82) is 0 Å². The van der Waals surface area contributed by atoms with Crippen molar-refractivity contribution in [2.45, 2.75) is 32.1 Å². The van der Waals surface area contributed by atoms with Gasteiger partial charge in [-0.1, -0.05) is 0 Å². The van der Waals surface area contributed by atoms with E-state index in [0.29, 0.717) is 11.7 Å². The fraction of sp³-hybridized carbons (Fsp3) is 0.500. The van der Waals surface area contributed by atoms with E-state index in [1.807, 2.05) is 26.4 Å². The van der Waals surface area contributed by atoms with Crippen molar-refractivity contribution < 1.29 is 4.79 Å². The highest BCUT2D eigenvalue weighted by molar-refractivity contribution is 7.21. The van der Waals surface area contributed by atoms with Crippen LogP contribution in [0.4, 0.5) is 5.82 Å². The first-order chi connectivity index (χ1) is 16.4. The van der Waals surface area contributed by atoms with Crippen LogP contribution in [-0.4, -0.2) is 67.7 Å². The van der Waals surface area contributed by atoms with Crippen molar-refractivity contribution in [2.75, 3.05) is 45.6 Å². The smallest absolute Gasteiger partial charge is 0.263 e. The van der Waals surface area contributed by atoms with Gasteiger partial charge in [-0.3, -0.25) is 4.79 Å². The van der Waals surface area contributed by atoms with Crippen LogP contribution < -0.4 is 10.6 Å². The van der Waals surface area contributed by atoms with E-state index in [2.05, 4.69) is 51.3 Å². The van der Waals surface area contributed by atoms with Gasteiger partial charge in [-0.15, -0.1) is 11.3 Å². The number of thiophene rings is 1. The van der Waals surface area contributed by atoms with Crippen molar-refractivity contribution in [2.24, 2.45) is 16.8 Å². The fourth-order valence-corrected chi connectivity index (χ4v) is 6.66. The molecule has 2 atom stereocenters. The number of fused-ring (bicyclic) bond motifs is 2. The maximum absolute atomic E-state index is 13.0. The summed E-state index contributed by atoms with van der Waals surface area (Å²) < 4.78 is 1.07. The molecule has 0 spiro atoms. The monoisotopic (exact) mass is 478 g/mol. The number of carbonyl (C=O) groups is 1. The summed E-state index contributed by atoms with van der Waals surface area (Å²) in [5.74, 6) is 3.64. The Morgan fingerprint density at radius 3 is 2.68 bits per heavy atom. The fourth-order valence-electron chi connectivity index (χ4n) is 5.40. The highest BCUT2D eigenvalue weighted by Crippen LogP contribution is 2.59. The molecule has 3 heterocycles. The van der Waals surface area contributed by atoms with Gasteiger partial charge in [-0.05, 0) is 74.4 Å². The lowest BCUT2D eigenvalue weighted by Gasteiger charge is -2.29. The van der Waals surface area contributed by atoms with Crippen LogP contribution in [0.3, 0.4) is 0 Å². The van der Waals surface area contributed by atoms with Crippen molar-refractivity contribution in [1.82, 2.24) is 20.1 Å². The van der Waals surface area contributed by atoms with E-state index < -0.39 is 0 Å². The molecular weight excluding hydrogens is 444 g/mol. The Morgan fingerprint density at radius 2 is 2.00 bits per heavy atom. The SMILES string of the molecule is C=N/C(=C\C=C(/C)N1CCNCC1)Nc1cc2c(C3CC4CC4C3)c(C(=O)N(C)C)sc2cn1. The number of amides is 1. The summed E-state index contributed by atoms with van der Waals surface area (Å²) in [6, 6.07) is 2.09. The number of carbonyl (C=O) groups excluding carboxylic acids is 1. The molecule has 0 radical (unpaired) electrons. The van der Waals surface area contributed by atoms with Crippen LogP contribution in [0.2, 0.25) is 0 Å². The number of aliphatic imine (C=N–C) groups is 1. The molecule has 34 heavy (non-hydrogen) atoms. The van der Waals surface area contributed by atoms with Gasteiger partial charge in [0.05, 0.1) is 9.58 Å². The lowest BCUT2D eigenvalue weighted by atomic mass is 9.91. The average molecular weight is 479 g/mol. The molecule has 2 N–H and O–H groups in total. The molecule has 2 aliphatic carbocycles. The highest BCUT2D eigenvalue weighted by Gasteiger charge is 2.47. The summed E-state index contributed by atoms with van der Waals surface area (Å²) in [4.78, 5) is 26.8. The zero-order valence-electron chi connectivity index (χ0n) is 20.3. The lowest BCUT2D eigenvalue weighted by molar-refractivity contribution is 0.0831. The highest BCUT2D eigenvalue weighted by atomic mass is 32.1. The van der Waals surface area contributed by atoms with Gasteiger partial charge < -0.3 is 20.4 Å². The predicted molar refractivity (Wildman–Crippen MR) is 141 cm³/mol. The number of aromatic nitrogens is 1. The van der Waals surface area contributed by atoms with Gasteiger partial charge in [0.1, 0.15) is 11.6 Å². The van der Waals surface area contributed by atoms with Crippen LogP contribution in [0.15, 0.2) is 40.9 Å². The molecule has 3 aliphatic rings. The van der Waals surface area contributed by atoms with Crippen molar-refractivity contribution in [3.8, 4) is 0 Å². The number of rotatable bonds is 7. The second kappa shape index (κ2) is 9.50. The first kappa shape index (κ1) is 23.1. The van der Waals surface area contributed by atoms with Crippen molar-refractivity contribution >= 4 is 39.9 Å². The lowest BCUT2D eigenvalue weighted by Crippen LogP contribution is -2.42. The minimum absolute atomic E-state index is 0.0909. The van der Waals surface area contributed by atoms with Crippen LogP contribution in [0.25, 0.3) is 10.1 Å². The Labute approximate surface area is 205 Å². The molecular formula is C26H34N6OS. The largest absolute Gasteiger partial charge is 0.372 e. The van der Waals surface area contributed by atoms with Crippen LogP contribution >= 0.6 is 11.3 Å². The molecule has 1 amide bonds. The summed E-state index contributed by atoms with van der Waals surface area (Å²) in [5, 5.41) is 7.86. The van der Waals surface area contributed by atoms with E-state index in [9.17, 15) is 4.79 Å². The normalized spacial score (nSPS) is 24.8. The molecule has 2 saturated carbocycles. The van der Waals surface area contributed by atoms with Crippen molar-refractivity contribution in [3.63, 3.8) is 0 Å². The van der Waals surface area contributed by atoms with Gasteiger partial charge in [0.25, 0.3) is 5.91 Å². The van der Waals surface area contributed by atoms with Gasteiger partial charge in [0, 0.05) is 57.6 Å². The van der Waals surface area contributed by atoms with E-state index in [-0.39, 0.29) is 5.91 Å². The van der Waals surface area contributed by atoms with E-state index >= 15 is 0 Å². The van der Waals surface area contributed by atoms with Crippen LogP contribution in [0.1, 0.15) is 47.3 Å². The Bertz CT molecular complexity index is 1150. The Balaban J connectivity index is 1.43. The molecule has 2 aromatic rings. The average Bonchev–Trinajstić information content (AvgIpc) is 3.28. The quantitative estimate of drug-likeness (QED) is 0.459. The first-order valence-corrected chi connectivity index (χ1v) is 13.0. The van der Waals surface area contributed by atoms with Crippen LogP contribution in [-0.2, 0) is 0 Å². The molecule has 7 nitrogen and oxygen atoms in total. The van der Waals surface area contributed by atoms with Crippen LogP contribution in [0, 0.1) is 11.8 Å². The number of hydrogen-bond acceptors (Lipinski definition) is 7. The third-order valence-corrected chi connectivity index (χ3v) is 8.54. The third kappa shape index (κ3) is 4.61. The van der Waals surface area contributed by atoms with Crippen LogP contribution in [0.5, 0.6) is 0 Å². The number of pyridine rings is 1. The summed E-state index contributed by atoms with van der Waals surface area (Å²) in [6.07, 6.45) is 9.68. The number of nitrogens with one attached hydrogen (secondary N) is 2. The van der Waals surface area contributed by atoms with E-state index in [1.165, 1.54) is 30.5 Å². The predicted octanol–water partition coefficient (Wildman–Crippen LogP) is 4.27. The number of piperazine rings is 1. The van der Waals surface area contributed by atoms with Gasteiger partial charge in [0.15, 0.2) is 0 Å². The maximum Gasteiger partial charge on any atom is 0.263 e. The Hall–Kier alpha value is -2.71. The zero-order valence-corrected chi connectivity index (χ0v) is 21.1. The summed E-state index contributed by atoms with van der Waals surface area (Å²) >= 11 is 1.57. The molecule has 5 rings (SSSR count). The topological polar surface area (TPSA) is 72.9 Å². The zero-order chi connectivity index (χ0) is 23.8. The molecule has 0 bridgehead atoms. The maximum atomic E-state index is 13.0. The summed E-state index contributed by atoms with van der Waals surface area (Å²) in [6.45, 7) is 9.90. The third-order valence-electron chi connectivity index (χ3n) is 7.39. The first-order valence-electron chi connectivity index (χ1n) is 12.2. The van der Waals surface area contributed by atoms with E-state index in [1.54, 1.807) is 16.2 Å². The molecule has 1 aliphatic heterocycles. The van der Waals surface area contributed by atoms with Gasteiger partial charge in [0.2, 0.25) is 0 Å². The number of nitrogens with zero attached hydrogens (tertiary/aromatic N) is 4. The molecule has 1 saturated heterocycles. The molecule has 3 fully saturated rings. The Morgan fingerprint density at radius 1 is 1.26 bits per heavy atom. The minimum atomic E-state index is 0.0909. The van der Waals surface area contributed by atoms with Gasteiger partial charge >= 0.3 is 0 Å². The summed E-state index contributed by atoms with van der Waals surface area (Å²) in [5.41, 5.74) is 2.43. The Kier molecular flexibility index (Phi) is 6.44. The molecule has 2 aromatic heterocycles. The number of allylic oxidation sites excluding steroid dienone is 3.